The highest BCUT2D eigenvalue weighted by Gasteiger charge is 2.30. The monoisotopic (exact) mass is 283 g/mol. The SMILES string of the molecule is Cc1cc(C)c(S(=O)(=O)N2CC[NH+](C)CC2)cc1C. The van der Waals surface area contributed by atoms with Crippen molar-refractivity contribution in [2.24, 2.45) is 0 Å². The Morgan fingerprint density at radius 2 is 1.53 bits per heavy atom. The van der Waals surface area contributed by atoms with Crippen LogP contribution in [0.25, 0.3) is 0 Å². The highest BCUT2D eigenvalue weighted by molar-refractivity contribution is 7.89. The number of hydrogen-bond donors (Lipinski definition) is 1. The maximum Gasteiger partial charge on any atom is 0.243 e. The fourth-order valence-electron chi connectivity index (χ4n) is 2.46. The lowest BCUT2D eigenvalue weighted by Gasteiger charge is -2.29. The van der Waals surface area contributed by atoms with Gasteiger partial charge in [0.25, 0.3) is 0 Å². The molecule has 1 heterocycles. The van der Waals surface area contributed by atoms with Crippen molar-refractivity contribution in [3.05, 3.63) is 28.8 Å². The topological polar surface area (TPSA) is 41.8 Å². The number of nitrogens with one attached hydrogen (secondary N) is 1. The first-order valence-corrected chi connectivity index (χ1v) is 8.15. The first-order valence-electron chi connectivity index (χ1n) is 6.71. The van der Waals surface area contributed by atoms with Gasteiger partial charge in [0.15, 0.2) is 0 Å². The predicted octanol–water partition coefficient (Wildman–Crippen LogP) is 0.131. The van der Waals surface area contributed by atoms with Crippen molar-refractivity contribution >= 4 is 10.0 Å². The summed E-state index contributed by atoms with van der Waals surface area (Å²) in [7, 11) is -1.23. The molecule has 19 heavy (non-hydrogen) atoms. The molecule has 2 rings (SSSR count). The molecule has 4 nitrogen and oxygen atoms in total. The molecule has 1 saturated heterocycles. The van der Waals surface area contributed by atoms with Crippen LogP contribution in [-0.2, 0) is 10.0 Å². The van der Waals surface area contributed by atoms with Crippen LogP contribution >= 0.6 is 0 Å². The molecule has 0 spiro atoms. The summed E-state index contributed by atoms with van der Waals surface area (Å²) in [5.74, 6) is 0. The van der Waals surface area contributed by atoms with Crippen LogP contribution in [-0.4, -0.2) is 45.9 Å². The number of piperazine rings is 1. The van der Waals surface area contributed by atoms with Crippen LogP contribution in [0.3, 0.4) is 0 Å². The number of likely N-dealkylation sites (N-methyl/N-ethyl adjacent to an activating group) is 1. The van der Waals surface area contributed by atoms with E-state index in [0.29, 0.717) is 18.0 Å². The van der Waals surface area contributed by atoms with E-state index >= 15 is 0 Å². The second kappa shape index (κ2) is 5.23. The zero-order valence-electron chi connectivity index (χ0n) is 12.2. The van der Waals surface area contributed by atoms with E-state index in [1.54, 1.807) is 4.31 Å². The number of hydrogen-bond acceptors (Lipinski definition) is 2. The van der Waals surface area contributed by atoms with Gasteiger partial charge in [0.2, 0.25) is 10.0 Å². The van der Waals surface area contributed by atoms with Crippen molar-refractivity contribution in [1.82, 2.24) is 4.31 Å². The Bertz CT molecular complexity index is 573. The lowest BCUT2D eigenvalue weighted by Crippen LogP contribution is -3.12. The molecule has 1 fully saturated rings. The molecule has 1 aromatic rings. The fraction of sp³-hybridized carbons (Fsp3) is 0.571. The number of aryl methyl sites for hydroxylation is 3. The molecule has 1 N–H and O–H groups in total. The zero-order valence-corrected chi connectivity index (χ0v) is 13.0. The minimum Gasteiger partial charge on any atom is -0.335 e. The summed E-state index contributed by atoms with van der Waals surface area (Å²) in [4.78, 5) is 1.86. The lowest BCUT2D eigenvalue weighted by molar-refractivity contribution is -0.883. The third-order valence-corrected chi connectivity index (χ3v) is 6.03. The Hall–Kier alpha value is -0.910. The van der Waals surface area contributed by atoms with Gasteiger partial charge in [0.1, 0.15) is 0 Å². The lowest BCUT2D eigenvalue weighted by atomic mass is 10.1. The number of quaternary nitrogens is 1. The molecule has 0 atom stereocenters. The summed E-state index contributed by atoms with van der Waals surface area (Å²) >= 11 is 0. The Morgan fingerprint density at radius 3 is 2.11 bits per heavy atom. The van der Waals surface area contributed by atoms with Gasteiger partial charge in [-0.15, -0.1) is 0 Å². The molecule has 1 aliphatic heterocycles. The molecule has 1 aromatic carbocycles. The van der Waals surface area contributed by atoms with E-state index in [4.69, 9.17) is 0 Å². The van der Waals surface area contributed by atoms with Crippen LogP contribution in [0.4, 0.5) is 0 Å². The normalized spacial score (nSPS) is 18.7. The molecule has 0 aliphatic carbocycles. The molecular weight excluding hydrogens is 260 g/mol. The Morgan fingerprint density at radius 1 is 1.00 bits per heavy atom. The van der Waals surface area contributed by atoms with Gasteiger partial charge in [-0.3, -0.25) is 0 Å². The minimum atomic E-state index is -3.34. The van der Waals surface area contributed by atoms with E-state index < -0.39 is 10.0 Å². The number of sulfonamides is 1. The van der Waals surface area contributed by atoms with Gasteiger partial charge < -0.3 is 4.90 Å². The molecule has 0 bridgehead atoms. The summed E-state index contributed by atoms with van der Waals surface area (Å²) in [6.45, 7) is 8.83. The summed E-state index contributed by atoms with van der Waals surface area (Å²) in [6, 6.07) is 3.77. The molecular formula is C14H23N2O2S+. The van der Waals surface area contributed by atoms with Gasteiger partial charge >= 0.3 is 0 Å². The van der Waals surface area contributed by atoms with Crippen LogP contribution in [0.1, 0.15) is 16.7 Å². The number of nitrogens with zero attached hydrogens (tertiary/aromatic N) is 1. The van der Waals surface area contributed by atoms with E-state index in [2.05, 4.69) is 7.05 Å². The highest BCUT2D eigenvalue weighted by Crippen LogP contribution is 2.23. The van der Waals surface area contributed by atoms with Gasteiger partial charge in [-0.25, -0.2) is 8.42 Å². The van der Waals surface area contributed by atoms with E-state index in [0.717, 1.165) is 29.8 Å². The summed E-state index contributed by atoms with van der Waals surface area (Å²) in [5.41, 5.74) is 3.01. The maximum atomic E-state index is 12.7. The van der Waals surface area contributed by atoms with Crippen LogP contribution < -0.4 is 4.90 Å². The molecule has 0 radical (unpaired) electrons. The Labute approximate surface area is 116 Å². The van der Waals surface area contributed by atoms with Crippen LogP contribution in [0, 0.1) is 20.8 Å². The Balaban J connectivity index is 2.37. The van der Waals surface area contributed by atoms with Crippen LogP contribution in [0.2, 0.25) is 0 Å². The fourth-order valence-corrected chi connectivity index (χ4v) is 4.19. The zero-order chi connectivity index (χ0) is 14.2. The maximum absolute atomic E-state index is 12.7. The quantitative estimate of drug-likeness (QED) is 0.838. The van der Waals surface area contributed by atoms with E-state index in [-0.39, 0.29) is 0 Å². The van der Waals surface area contributed by atoms with E-state index in [9.17, 15) is 8.42 Å². The van der Waals surface area contributed by atoms with E-state index in [1.165, 1.54) is 4.90 Å². The largest absolute Gasteiger partial charge is 0.335 e. The number of benzene rings is 1. The highest BCUT2D eigenvalue weighted by atomic mass is 32.2. The minimum absolute atomic E-state index is 0.468. The first kappa shape index (κ1) is 14.5. The standard InChI is InChI=1S/C14H22N2O2S/c1-11-9-13(3)14(10-12(11)2)19(17,18)16-7-5-15(4)6-8-16/h9-10H,5-8H2,1-4H3/p+1. The van der Waals surface area contributed by atoms with Crippen molar-refractivity contribution < 1.29 is 13.3 Å². The van der Waals surface area contributed by atoms with Crippen molar-refractivity contribution in [3.8, 4) is 0 Å². The summed E-state index contributed by atoms with van der Waals surface area (Å²) < 4.78 is 27.0. The van der Waals surface area contributed by atoms with Crippen LogP contribution in [0.5, 0.6) is 0 Å². The van der Waals surface area contributed by atoms with Crippen molar-refractivity contribution in [2.45, 2.75) is 25.7 Å². The number of rotatable bonds is 2. The molecule has 106 valence electrons. The first-order chi connectivity index (χ1) is 8.82. The second-order valence-corrected chi connectivity index (χ2v) is 7.47. The molecule has 0 saturated carbocycles. The smallest absolute Gasteiger partial charge is 0.243 e. The van der Waals surface area contributed by atoms with Gasteiger partial charge in [-0.05, 0) is 43.5 Å². The van der Waals surface area contributed by atoms with Gasteiger partial charge in [-0.2, -0.15) is 4.31 Å². The van der Waals surface area contributed by atoms with E-state index in [1.807, 2.05) is 32.9 Å². The molecule has 5 heteroatoms. The molecule has 0 unspecified atom stereocenters. The van der Waals surface area contributed by atoms with Gasteiger partial charge in [0.05, 0.1) is 38.1 Å². The molecule has 1 aliphatic rings. The Kier molecular flexibility index (Phi) is 3.99. The molecule has 0 aromatic heterocycles. The summed E-state index contributed by atoms with van der Waals surface area (Å²) in [5, 5.41) is 0. The third-order valence-electron chi connectivity index (χ3n) is 3.99. The van der Waals surface area contributed by atoms with Crippen molar-refractivity contribution in [3.63, 3.8) is 0 Å². The van der Waals surface area contributed by atoms with Crippen LogP contribution in [0.15, 0.2) is 17.0 Å². The summed E-state index contributed by atoms with van der Waals surface area (Å²) in [6.07, 6.45) is 0. The molecule has 0 amide bonds. The van der Waals surface area contributed by atoms with Crippen molar-refractivity contribution in [2.75, 3.05) is 33.2 Å². The second-order valence-electron chi connectivity index (χ2n) is 5.56. The van der Waals surface area contributed by atoms with Gasteiger partial charge in [-0.1, -0.05) is 6.07 Å². The average Bonchev–Trinajstić information content (AvgIpc) is 2.34. The average molecular weight is 283 g/mol. The predicted molar refractivity (Wildman–Crippen MR) is 76.0 cm³/mol. The third kappa shape index (κ3) is 2.83. The van der Waals surface area contributed by atoms with Crippen molar-refractivity contribution in [1.29, 1.82) is 0 Å². The van der Waals surface area contributed by atoms with Gasteiger partial charge in [0, 0.05) is 0 Å².